The third-order valence-corrected chi connectivity index (χ3v) is 6.62. The molecule has 1 aromatic heterocycles. The van der Waals surface area contributed by atoms with Crippen LogP contribution in [0.1, 0.15) is 50.4 Å². The van der Waals surface area contributed by atoms with Gasteiger partial charge in [0.1, 0.15) is 11.1 Å². The van der Waals surface area contributed by atoms with E-state index >= 15 is 0 Å². The van der Waals surface area contributed by atoms with E-state index in [1.165, 1.54) is 6.42 Å². The van der Waals surface area contributed by atoms with E-state index in [1.54, 1.807) is 18.2 Å². The Hall–Kier alpha value is -2.23. The zero-order chi connectivity index (χ0) is 17.1. The summed E-state index contributed by atoms with van der Waals surface area (Å²) in [6.45, 7) is 6.74. The summed E-state index contributed by atoms with van der Waals surface area (Å²) in [5.74, 6) is 0.0936. The van der Waals surface area contributed by atoms with Gasteiger partial charge in [0.2, 0.25) is 0 Å². The summed E-state index contributed by atoms with van der Waals surface area (Å²) in [6, 6.07) is 8.78. The van der Waals surface area contributed by atoms with Gasteiger partial charge in [0.25, 0.3) is 5.91 Å². The largest absolute Gasteiger partial charge is 0.422 e. The summed E-state index contributed by atoms with van der Waals surface area (Å²) in [4.78, 5) is 29.2. The summed E-state index contributed by atoms with van der Waals surface area (Å²) >= 11 is 0. The van der Waals surface area contributed by atoms with Crippen LogP contribution in [-0.4, -0.2) is 11.6 Å². The predicted octanol–water partition coefficient (Wildman–Crippen LogP) is 4.22. The summed E-state index contributed by atoms with van der Waals surface area (Å²) in [5, 5.41) is 0.736. The molecule has 0 saturated heterocycles. The third-order valence-electron chi connectivity index (χ3n) is 6.62. The van der Waals surface area contributed by atoms with Crippen molar-refractivity contribution in [1.29, 1.82) is 0 Å². The number of aliphatic imine (C=N–C) groups is 1. The Labute approximate surface area is 140 Å². The van der Waals surface area contributed by atoms with Crippen molar-refractivity contribution in [2.45, 2.75) is 40.0 Å². The van der Waals surface area contributed by atoms with Gasteiger partial charge in [-0.25, -0.2) is 9.79 Å². The Bertz CT molecular complexity index is 937. The summed E-state index contributed by atoms with van der Waals surface area (Å²) < 4.78 is 5.26. The van der Waals surface area contributed by atoms with Gasteiger partial charge in [-0.2, -0.15) is 0 Å². The standard InChI is InChI=1S/C20H21NO3/c1-19(2)13-8-9-20(19,3)16(11-13)21-17(22)14-10-12-6-4-5-7-15(12)24-18(14)23/h4-7,10,13H,8-9,11H2,1-3H3. The van der Waals surface area contributed by atoms with E-state index in [1.807, 2.05) is 12.1 Å². The van der Waals surface area contributed by atoms with Gasteiger partial charge in [-0.1, -0.05) is 39.0 Å². The number of rotatable bonds is 1. The molecule has 2 saturated carbocycles. The smallest absolute Gasteiger partial charge is 0.349 e. The van der Waals surface area contributed by atoms with Crippen LogP contribution in [0.25, 0.3) is 11.0 Å². The molecule has 0 spiro atoms. The number of benzene rings is 1. The fourth-order valence-corrected chi connectivity index (χ4v) is 4.49. The van der Waals surface area contributed by atoms with Crippen LogP contribution in [0.5, 0.6) is 0 Å². The number of amides is 1. The Morgan fingerprint density at radius 3 is 2.67 bits per heavy atom. The highest BCUT2D eigenvalue weighted by Gasteiger charge is 2.59. The summed E-state index contributed by atoms with van der Waals surface area (Å²) in [7, 11) is 0. The van der Waals surface area contributed by atoms with Crippen LogP contribution in [0, 0.1) is 16.7 Å². The molecule has 2 aliphatic carbocycles. The molecular formula is C20H21NO3. The minimum Gasteiger partial charge on any atom is -0.422 e. The molecule has 2 aliphatic rings. The zero-order valence-electron chi connectivity index (χ0n) is 14.3. The van der Waals surface area contributed by atoms with Crippen molar-refractivity contribution in [2.75, 3.05) is 0 Å². The van der Waals surface area contributed by atoms with Crippen molar-refractivity contribution in [3.63, 3.8) is 0 Å². The molecule has 124 valence electrons. The highest BCUT2D eigenvalue weighted by atomic mass is 16.4. The molecule has 4 rings (SSSR count). The molecule has 0 aliphatic heterocycles. The first-order valence-electron chi connectivity index (χ1n) is 8.48. The average molecular weight is 323 g/mol. The number of nitrogens with zero attached hydrogens (tertiary/aromatic N) is 1. The number of carbonyl (C=O) groups is 1. The molecule has 1 heterocycles. The van der Waals surface area contributed by atoms with Crippen molar-refractivity contribution in [1.82, 2.24) is 0 Å². The van der Waals surface area contributed by atoms with Crippen molar-refractivity contribution < 1.29 is 9.21 Å². The molecule has 4 heteroatoms. The first-order valence-corrected chi connectivity index (χ1v) is 8.48. The van der Waals surface area contributed by atoms with Gasteiger partial charge in [0, 0.05) is 16.5 Å². The normalized spacial score (nSPS) is 29.5. The van der Waals surface area contributed by atoms with Gasteiger partial charge in [-0.3, -0.25) is 4.79 Å². The summed E-state index contributed by atoms with van der Waals surface area (Å²) in [6.07, 6.45) is 3.10. The topological polar surface area (TPSA) is 59.6 Å². The van der Waals surface area contributed by atoms with Gasteiger partial charge in [-0.15, -0.1) is 0 Å². The maximum atomic E-state index is 12.6. The molecular weight excluding hydrogens is 302 g/mol. The minimum absolute atomic E-state index is 0.0189. The molecule has 2 fully saturated rings. The van der Waals surface area contributed by atoms with Crippen LogP contribution in [0.3, 0.4) is 0 Å². The number of fused-ring (bicyclic) bond motifs is 3. The lowest BCUT2D eigenvalue weighted by atomic mass is 9.70. The van der Waals surface area contributed by atoms with Gasteiger partial charge in [0.05, 0.1) is 0 Å². The highest BCUT2D eigenvalue weighted by Crippen LogP contribution is 2.64. The Balaban J connectivity index is 1.76. The lowest BCUT2D eigenvalue weighted by Crippen LogP contribution is -2.33. The third kappa shape index (κ3) is 1.95. The van der Waals surface area contributed by atoms with Crippen molar-refractivity contribution in [2.24, 2.45) is 21.7 Å². The Kier molecular flexibility index (Phi) is 3.11. The average Bonchev–Trinajstić information content (AvgIpc) is 2.87. The second-order valence-corrected chi connectivity index (χ2v) is 7.84. The van der Waals surface area contributed by atoms with Crippen molar-refractivity contribution >= 4 is 22.6 Å². The molecule has 2 bridgehead atoms. The second kappa shape index (κ2) is 4.88. The predicted molar refractivity (Wildman–Crippen MR) is 93.5 cm³/mol. The van der Waals surface area contributed by atoms with Crippen LogP contribution >= 0.6 is 0 Å². The second-order valence-electron chi connectivity index (χ2n) is 7.84. The van der Waals surface area contributed by atoms with Crippen LogP contribution in [0.15, 0.2) is 44.5 Å². The van der Waals surface area contributed by atoms with E-state index in [0.29, 0.717) is 11.5 Å². The molecule has 4 nitrogen and oxygen atoms in total. The highest BCUT2D eigenvalue weighted by molar-refractivity contribution is 6.07. The van der Waals surface area contributed by atoms with E-state index < -0.39 is 11.5 Å². The van der Waals surface area contributed by atoms with Crippen molar-refractivity contribution in [3.05, 3.63) is 46.3 Å². The first-order chi connectivity index (χ1) is 11.3. The fraction of sp³-hybridized carbons (Fsp3) is 0.450. The molecule has 2 atom stereocenters. The maximum Gasteiger partial charge on any atom is 0.349 e. The van der Waals surface area contributed by atoms with Crippen LogP contribution in [-0.2, 0) is 0 Å². The minimum atomic E-state index is -0.615. The van der Waals surface area contributed by atoms with Crippen LogP contribution < -0.4 is 5.63 Å². The van der Waals surface area contributed by atoms with E-state index in [-0.39, 0.29) is 16.4 Å². The van der Waals surface area contributed by atoms with E-state index in [4.69, 9.17) is 4.42 Å². The molecule has 0 N–H and O–H groups in total. The Morgan fingerprint density at radius 2 is 2.00 bits per heavy atom. The van der Waals surface area contributed by atoms with Crippen LogP contribution in [0.4, 0.5) is 0 Å². The first kappa shape index (κ1) is 15.3. The number of hydrogen-bond acceptors (Lipinski definition) is 3. The number of hydrogen-bond donors (Lipinski definition) is 0. The molecule has 2 unspecified atom stereocenters. The van der Waals surface area contributed by atoms with Gasteiger partial charge in [-0.05, 0) is 42.7 Å². The number of carbonyl (C=O) groups excluding carboxylic acids is 1. The lowest BCUT2D eigenvalue weighted by molar-refractivity contribution is 0.0997. The lowest BCUT2D eigenvalue weighted by Gasteiger charge is -2.34. The van der Waals surface area contributed by atoms with Crippen LogP contribution in [0.2, 0.25) is 0 Å². The zero-order valence-corrected chi connectivity index (χ0v) is 14.3. The molecule has 1 aromatic carbocycles. The number of para-hydroxylation sites is 1. The quantitative estimate of drug-likeness (QED) is 0.738. The van der Waals surface area contributed by atoms with E-state index in [9.17, 15) is 9.59 Å². The monoisotopic (exact) mass is 323 g/mol. The van der Waals surface area contributed by atoms with E-state index in [0.717, 1.165) is 23.9 Å². The van der Waals surface area contributed by atoms with Crippen molar-refractivity contribution in [3.8, 4) is 0 Å². The SMILES string of the molecule is CC12CCC(CC1=NC(=O)c1cc3ccccc3oc1=O)C2(C)C. The molecule has 1 amide bonds. The summed E-state index contributed by atoms with van der Waals surface area (Å²) in [5.41, 5.74) is 0.937. The molecule has 24 heavy (non-hydrogen) atoms. The van der Waals surface area contributed by atoms with Gasteiger partial charge >= 0.3 is 5.63 Å². The Morgan fingerprint density at radius 1 is 1.25 bits per heavy atom. The molecule has 2 aromatic rings. The van der Waals surface area contributed by atoms with E-state index in [2.05, 4.69) is 25.8 Å². The fourth-order valence-electron chi connectivity index (χ4n) is 4.49. The maximum absolute atomic E-state index is 12.6. The molecule has 0 radical (unpaired) electrons. The van der Waals surface area contributed by atoms with Gasteiger partial charge in [0.15, 0.2) is 0 Å². The van der Waals surface area contributed by atoms with Gasteiger partial charge < -0.3 is 4.42 Å².